The summed E-state index contributed by atoms with van der Waals surface area (Å²) in [6.45, 7) is 5.55. The molecule has 0 aromatic rings. The van der Waals surface area contributed by atoms with Crippen LogP contribution in [0.15, 0.2) is 4.99 Å². The van der Waals surface area contributed by atoms with E-state index in [0.29, 0.717) is 6.54 Å². The number of imide groups is 1. The number of urea groups is 1. The minimum atomic E-state index is -0.396. The van der Waals surface area contributed by atoms with Gasteiger partial charge in [-0.15, -0.1) is 0 Å². The van der Waals surface area contributed by atoms with Gasteiger partial charge in [0.25, 0.3) is 5.91 Å². The van der Waals surface area contributed by atoms with E-state index in [2.05, 4.69) is 22.5 Å². The molecule has 0 saturated carbocycles. The van der Waals surface area contributed by atoms with E-state index in [0.717, 1.165) is 31.8 Å². The summed E-state index contributed by atoms with van der Waals surface area (Å²) in [6.07, 6.45) is 3.01. The van der Waals surface area contributed by atoms with Crippen molar-refractivity contribution in [1.82, 2.24) is 20.4 Å². The zero-order valence-corrected chi connectivity index (χ0v) is 12.3. The second-order valence-corrected chi connectivity index (χ2v) is 5.14. The molecular formula is C13H23N5O2. The van der Waals surface area contributed by atoms with E-state index in [1.807, 2.05) is 11.8 Å². The summed E-state index contributed by atoms with van der Waals surface area (Å²) < 4.78 is 0. The number of aliphatic imine (C=N–C) groups is 1. The van der Waals surface area contributed by atoms with Gasteiger partial charge in [-0.1, -0.05) is 19.8 Å². The van der Waals surface area contributed by atoms with Crippen LogP contribution in [-0.2, 0) is 4.79 Å². The maximum atomic E-state index is 12.0. The number of carbonyl (C=O) groups is 2. The Bertz CT molecular complexity index is 423. The van der Waals surface area contributed by atoms with Gasteiger partial charge in [0.2, 0.25) is 0 Å². The summed E-state index contributed by atoms with van der Waals surface area (Å²) >= 11 is 0. The number of carbonyl (C=O) groups excluding carboxylic acids is 2. The fourth-order valence-corrected chi connectivity index (χ4v) is 2.61. The van der Waals surface area contributed by atoms with Crippen molar-refractivity contribution in [2.24, 2.45) is 4.99 Å². The van der Waals surface area contributed by atoms with Crippen molar-refractivity contribution in [3.05, 3.63) is 0 Å². The molecule has 0 aromatic heterocycles. The Labute approximate surface area is 119 Å². The average Bonchev–Trinajstić information content (AvgIpc) is 2.80. The molecule has 2 unspecified atom stereocenters. The van der Waals surface area contributed by atoms with Crippen LogP contribution in [0.4, 0.5) is 4.79 Å². The van der Waals surface area contributed by atoms with Gasteiger partial charge in [-0.3, -0.25) is 15.1 Å². The molecule has 7 nitrogen and oxygen atoms in total. The molecule has 20 heavy (non-hydrogen) atoms. The number of hydrogen-bond acceptors (Lipinski definition) is 3. The number of hydrogen-bond donors (Lipinski definition) is 2. The highest BCUT2D eigenvalue weighted by atomic mass is 16.2. The highest BCUT2D eigenvalue weighted by molar-refractivity contribution is 6.04. The molecular weight excluding hydrogens is 258 g/mol. The van der Waals surface area contributed by atoms with Crippen LogP contribution in [0.5, 0.6) is 0 Å². The number of nitrogens with zero attached hydrogens (tertiary/aromatic N) is 3. The monoisotopic (exact) mass is 281 g/mol. The zero-order chi connectivity index (χ0) is 14.7. The fourth-order valence-electron chi connectivity index (χ4n) is 2.61. The topological polar surface area (TPSA) is 77.0 Å². The number of nitrogens with one attached hydrogen (secondary N) is 2. The predicted octanol–water partition coefficient (Wildman–Crippen LogP) is 0.334. The lowest BCUT2D eigenvalue weighted by molar-refractivity contribution is -0.127. The maximum Gasteiger partial charge on any atom is 0.325 e. The minimum Gasteiger partial charge on any atom is -0.334 e. The molecule has 2 aliphatic heterocycles. The van der Waals surface area contributed by atoms with Crippen molar-refractivity contribution >= 4 is 17.9 Å². The Kier molecular flexibility index (Phi) is 4.46. The lowest BCUT2D eigenvalue weighted by Crippen LogP contribution is -2.64. The lowest BCUT2D eigenvalue weighted by atomic mass is 10.1. The van der Waals surface area contributed by atoms with Gasteiger partial charge >= 0.3 is 6.03 Å². The van der Waals surface area contributed by atoms with Crippen molar-refractivity contribution in [2.45, 2.75) is 45.3 Å². The second-order valence-electron chi connectivity index (χ2n) is 5.14. The third-order valence-electron chi connectivity index (χ3n) is 3.78. The third kappa shape index (κ3) is 2.57. The van der Waals surface area contributed by atoms with Gasteiger partial charge in [0, 0.05) is 20.1 Å². The highest BCUT2D eigenvalue weighted by Gasteiger charge is 2.49. The van der Waals surface area contributed by atoms with Gasteiger partial charge in [0.1, 0.15) is 6.17 Å². The highest BCUT2D eigenvalue weighted by Crippen LogP contribution is 2.20. The number of likely N-dealkylation sites (N-methyl/N-ethyl adjacent to an activating group) is 2. The second kappa shape index (κ2) is 6.11. The van der Waals surface area contributed by atoms with Crippen LogP contribution in [0.3, 0.4) is 0 Å². The number of amides is 3. The van der Waals surface area contributed by atoms with Crippen LogP contribution in [0.2, 0.25) is 0 Å². The smallest absolute Gasteiger partial charge is 0.325 e. The van der Waals surface area contributed by atoms with E-state index in [-0.39, 0.29) is 18.1 Å². The van der Waals surface area contributed by atoms with Gasteiger partial charge < -0.3 is 15.1 Å². The van der Waals surface area contributed by atoms with Crippen molar-refractivity contribution in [2.75, 3.05) is 20.1 Å². The van der Waals surface area contributed by atoms with E-state index in [1.165, 1.54) is 4.90 Å². The molecule has 0 bridgehead atoms. The first-order chi connectivity index (χ1) is 9.60. The number of rotatable bonds is 5. The summed E-state index contributed by atoms with van der Waals surface area (Å²) in [5.41, 5.74) is 0. The van der Waals surface area contributed by atoms with Crippen molar-refractivity contribution < 1.29 is 9.59 Å². The minimum absolute atomic E-state index is 0.258. The molecule has 2 fully saturated rings. The molecule has 0 aromatic carbocycles. The molecule has 3 amide bonds. The van der Waals surface area contributed by atoms with E-state index in [4.69, 9.17) is 0 Å². The van der Waals surface area contributed by atoms with Crippen LogP contribution in [0.1, 0.15) is 33.1 Å². The Morgan fingerprint density at radius 3 is 2.65 bits per heavy atom. The van der Waals surface area contributed by atoms with Gasteiger partial charge in [0.05, 0.1) is 0 Å². The maximum absolute atomic E-state index is 12.0. The third-order valence-corrected chi connectivity index (χ3v) is 3.78. The largest absolute Gasteiger partial charge is 0.334 e. The standard InChI is InChI=1S/C13H23N5O2/c1-4-6-7-8-14-12-15-10-9(18(12)5-2)11(19)16-13(20)17(10)3/h9-10H,4-8H2,1-3H3,(H,14,15)(H,16,19,20). The molecule has 2 saturated heterocycles. The predicted molar refractivity (Wildman–Crippen MR) is 76.2 cm³/mol. The SMILES string of the molecule is CCCCCN=C1NC2C(C(=O)NC(=O)N2C)N1CC. The lowest BCUT2D eigenvalue weighted by Gasteiger charge is -2.34. The molecule has 0 aliphatic carbocycles. The molecule has 2 rings (SSSR count). The molecule has 0 spiro atoms. The molecule has 7 heteroatoms. The van der Waals surface area contributed by atoms with Gasteiger partial charge in [0.15, 0.2) is 12.0 Å². The van der Waals surface area contributed by atoms with Gasteiger partial charge in [-0.25, -0.2) is 4.79 Å². The Hall–Kier alpha value is -1.79. The normalized spacial score (nSPS) is 27.6. The molecule has 0 radical (unpaired) electrons. The quantitative estimate of drug-likeness (QED) is 0.712. The van der Waals surface area contributed by atoms with Crippen molar-refractivity contribution in [3.63, 3.8) is 0 Å². The van der Waals surface area contributed by atoms with Gasteiger partial charge in [-0.2, -0.15) is 0 Å². The summed E-state index contributed by atoms with van der Waals surface area (Å²) in [6, 6.07) is -0.764. The van der Waals surface area contributed by atoms with E-state index >= 15 is 0 Å². The summed E-state index contributed by atoms with van der Waals surface area (Å²) in [5.74, 6) is 0.460. The van der Waals surface area contributed by atoms with Crippen LogP contribution >= 0.6 is 0 Å². The summed E-state index contributed by atoms with van der Waals surface area (Å²) in [7, 11) is 1.68. The molecule has 2 heterocycles. The first-order valence-corrected chi connectivity index (χ1v) is 7.25. The molecule has 112 valence electrons. The number of guanidine groups is 1. The van der Waals surface area contributed by atoms with Gasteiger partial charge in [-0.05, 0) is 13.3 Å². The number of fused-ring (bicyclic) bond motifs is 1. The van der Waals surface area contributed by atoms with E-state index < -0.39 is 6.04 Å². The molecule has 2 aliphatic rings. The fraction of sp³-hybridized carbons (Fsp3) is 0.769. The summed E-state index contributed by atoms with van der Waals surface area (Å²) in [4.78, 5) is 31.7. The van der Waals surface area contributed by atoms with E-state index in [9.17, 15) is 9.59 Å². The Balaban J connectivity index is 2.13. The Morgan fingerprint density at radius 2 is 2.00 bits per heavy atom. The van der Waals surface area contributed by atoms with E-state index in [1.54, 1.807) is 7.05 Å². The van der Waals surface area contributed by atoms with Crippen LogP contribution < -0.4 is 10.6 Å². The first kappa shape index (κ1) is 14.6. The average molecular weight is 281 g/mol. The van der Waals surface area contributed by atoms with Crippen molar-refractivity contribution in [3.8, 4) is 0 Å². The zero-order valence-electron chi connectivity index (χ0n) is 12.3. The Morgan fingerprint density at radius 1 is 1.25 bits per heavy atom. The van der Waals surface area contributed by atoms with Crippen LogP contribution in [0, 0.1) is 0 Å². The van der Waals surface area contributed by atoms with Crippen LogP contribution in [0.25, 0.3) is 0 Å². The van der Waals surface area contributed by atoms with Crippen LogP contribution in [-0.4, -0.2) is 60.0 Å². The summed E-state index contributed by atoms with van der Waals surface area (Å²) in [5, 5.41) is 5.57. The van der Waals surface area contributed by atoms with Crippen molar-refractivity contribution in [1.29, 1.82) is 0 Å². The molecule has 2 atom stereocenters. The molecule has 2 N–H and O–H groups in total. The first-order valence-electron chi connectivity index (χ1n) is 7.25. The number of unbranched alkanes of at least 4 members (excludes halogenated alkanes) is 2.